The Morgan fingerprint density at radius 3 is 2.52 bits per heavy atom. The zero-order chi connectivity index (χ0) is 15.7. The molecule has 21 heavy (non-hydrogen) atoms. The Morgan fingerprint density at radius 1 is 1.38 bits per heavy atom. The van der Waals surface area contributed by atoms with Gasteiger partial charge in [-0.25, -0.2) is 12.8 Å². The fourth-order valence-electron chi connectivity index (χ4n) is 2.54. The van der Waals surface area contributed by atoms with Crippen molar-refractivity contribution in [1.29, 1.82) is 0 Å². The lowest BCUT2D eigenvalue weighted by molar-refractivity contribution is 0.0849. The van der Waals surface area contributed by atoms with Crippen LogP contribution in [0.2, 0.25) is 0 Å². The minimum absolute atomic E-state index is 0.0419. The second-order valence-electron chi connectivity index (χ2n) is 5.50. The van der Waals surface area contributed by atoms with Crippen LogP contribution in [0.5, 0.6) is 0 Å². The highest BCUT2D eigenvalue weighted by Crippen LogP contribution is 2.43. The number of benzene rings is 1. The van der Waals surface area contributed by atoms with Crippen LogP contribution >= 0.6 is 10.7 Å². The van der Waals surface area contributed by atoms with Crippen molar-refractivity contribution in [3.8, 4) is 0 Å². The van der Waals surface area contributed by atoms with Crippen LogP contribution in [-0.2, 0) is 9.05 Å². The number of rotatable bonds is 5. The Morgan fingerprint density at radius 2 is 2.05 bits per heavy atom. The zero-order valence-electron chi connectivity index (χ0n) is 11.7. The number of hydrogen-bond acceptors (Lipinski definition) is 3. The van der Waals surface area contributed by atoms with Gasteiger partial charge in [0, 0.05) is 22.8 Å². The maximum Gasteiger partial charge on any atom is 0.261 e. The van der Waals surface area contributed by atoms with Crippen molar-refractivity contribution in [2.24, 2.45) is 5.41 Å². The van der Waals surface area contributed by atoms with Crippen molar-refractivity contribution in [1.82, 2.24) is 5.32 Å². The molecule has 1 aliphatic carbocycles. The van der Waals surface area contributed by atoms with E-state index < -0.39 is 25.7 Å². The molecule has 7 heteroatoms. The molecule has 0 aliphatic heterocycles. The van der Waals surface area contributed by atoms with Gasteiger partial charge in [0.15, 0.2) is 0 Å². The molecule has 116 valence electrons. The second kappa shape index (κ2) is 5.93. The van der Waals surface area contributed by atoms with Gasteiger partial charge in [-0.1, -0.05) is 13.3 Å². The summed E-state index contributed by atoms with van der Waals surface area (Å²) < 4.78 is 35.9. The molecule has 0 unspecified atom stereocenters. The summed E-state index contributed by atoms with van der Waals surface area (Å²) in [5.74, 6) is -1.30. The predicted molar refractivity (Wildman–Crippen MR) is 78.3 cm³/mol. The second-order valence-corrected chi connectivity index (χ2v) is 8.07. The van der Waals surface area contributed by atoms with Gasteiger partial charge in [0.1, 0.15) is 5.82 Å². The van der Waals surface area contributed by atoms with Gasteiger partial charge in [0.2, 0.25) is 0 Å². The summed E-state index contributed by atoms with van der Waals surface area (Å²) >= 11 is 0. The number of nitrogens with one attached hydrogen (secondary N) is 1. The molecule has 1 aliphatic rings. The summed E-state index contributed by atoms with van der Waals surface area (Å²) in [6.45, 7) is 2.59. The lowest BCUT2D eigenvalue weighted by Gasteiger charge is -2.41. The third-order valence-electron chi connectivity index (χ3n) is 4.20. The fraction of sp³-hybridized carbons (Fsp3) is 0.500. The largest absolute Gasteiger partial charge is 0.351 e. The maximum atomic E-state index is 13.4. The summed E-state index contributed by atoms with van der Waals surface area (Å²) in [5, 5.41) is 2.76. The molecule has 1 N–H and O–H groups in total. The summed E-state index contributed by atoms with van der Waals surface area (Å²) in [4.78, 5) is 11.6. The molecule has 0 radical (unpaired) electrons. The highest BCUT2D eigenvalue weighted by molar-refractivity contribution is 8.13. The number of amides is 1. The third-order valence-corrected chi connectivity index (χ3v) is 5.54. The van der Waals surface area contributed by atoms with E-state index in [9.17, 15) is 17.6 Å². The van der Waals surface area contributed by atoms with Gasteiger partial charge in [0.05, 0.1) is 4.90 Å². The van der Waals surface area contributed by atoms with E-state index in [-0.39, 0.29) is 11.0 Å². The van der Waals surface area contributed by atoms with Gasteiger partial charge in [-0.3, -0.25) is 4.79 Å². The molecule has 4 nitrogen and oxygen atoms in total. The summed E-state index contributed by atoms with van der Waals surface area (Å²) in [7, 11) is 1.11. The Bertz CT molecular complexity index is 651. The van der Waals surface area contributed by atoms with Crippen LogP contribution in [0.25, 0.3) is 0 Å². The summed E-state index contributed by atoms with van der Waals surface area (Å²) in [5.41, 5.74) is 0.0875. The first kappa shape index (κ1) is 16.2. The van der Waals surface area contributed by atoms with E-state index in [0.29, 0.717) is 6.54 Å². The Labute approximate surface area is 128 Å². The van der Waals surface area contributed by atoms with Crippen molar-refractivity contribution >= 4 is 25.6 Å². The summed E-state index contributed by atoms with van der Waals surface area (Å²) in [6, 6.07) is 2.87. The van der Waals surface area contributed by atoms with Crippen molar-refractivity contribution < 1.29 is 17.6 Å². The van der Waals surface area contributed by atoms with Crippen LogP contribution in [-0.4, -0.2) is 20.9 Å². The molecule has 1 aromatic carbocycles. The number of carbonyl (C=O) groups excluding carboxylic acids is 1. The molecule has 1 fully saturated rings. The van der Waals surface area contributed by atoms with Crippen LogP contribution < -0.4 is 5.32 Å². The van der Waals surface area contributed by atoms with Gasteiger partial charge in [0.25, 0.3) is 15.0 Å². The van der Waals surface area contributed by atoms with Crippen LogP contribution in [0, 0.1) is 11.2 Å². The average molecular weight is 334 g/mol. The molecular weight excluding hydrogens is 317 g/mol. The van der Waals surface area contributed by atoms with Crippen molar-refractivity contribution in [3.63, 3.8) is 0 Å². The van der Waals surface area contributed by atoms with Crippen LogP contribution in [0.15, 0.2) is 23.1 Å². The lowest BCUT2D eigenvalue weighted by Crippen LogP contribution is -2.41. The van der Waals surface area contributed by atoms with Gasteiger partial charge < -0.3 is 5.32 Å². The number of carbonyl (C=O) groups is 1. The normalized spacial score (nSPS) is 17.1. The van der Waals surface area contributed by atoms with Gasteiger partial charge in [-0.15, -0.1) is 0 Å². The zero-order valence-corrected chi connectivity index (χ0v) is 13.2. The van der Waals surface area contributed by atoms with Crippen molar-refractivity contribution in [2.75, 3.05) is 6.54 Å². The van der Waals surface area contributed by atoms with Gasteiger partial charge >= 0.3 is 0 Å². The molecule has 1 saturated carbocycles. The van der Waals surface area contributed by atoms with E-state index in [0.717, 1.165) is 43.9 Å². The Kier molecular flexibility index (Phi) is 4.58. The smallest absolute Gasteiger partial charge is 0.261 e. The molecule has 0 aromatic heterocycles. The SMILES string of the molecule is CCC1(CNC(=O)c2cc(F)cc(S(=O)(=O)Cl)c2)CCC1. The van der Waals surface area contributed by atoms with E-state index in [1.165, 1.54) is 0 Å². The standard InChI is InChI=1S/C14H17ClFNO3S/c1-2-14(4-3-5-14)9-17-13(18)10-6-11(16)8-12(7-10)21(15,19)20/h6-8H,2-5,9H2,1H3,(H,17,18). The Balaban J connectivity index is 2.14. The highest BCUT2D eigenvalue weighted by atomic mass is 35.7. The Hall–Kier alpha value is -1.14. The van der Waals surface area contributed by atoms with E-state index in [1.807, 2.05) is 0 Å². The monoisotopic (exact) mass is 333 g/mol. The van der Waals surface area contributed by atoms with E-state index >= 15 is 0 Å². The highest BCUT2D eigenvalue weighted by Gasteiger charge is 2.35. The first-order valence-corrected chi connectivity index (χ1v) is 9.10. The van der Waals surface area contributed by atoms with E-state index in [2.05, 4.69) is 12.2 Å². The molecule has 0 heterocycles. The summed E-state index contributed by atoms with van der Waals surface area (Å²) in [6.07, 6.45) is 4.25. The fourth-order valence-corrected chi connectivity index (χ4v) is 3.32. The minimum atomic E-state index is -4.07. The molecule has 0 atom stereocenters. The van der Waals surface area contributed by atoms with E-state index in [4.69, 9.17) is 10.7 Å². The number of halogens is 2. The first-order chi connectivity index (χ1) is 9.76. The molecular formula is C14H17ClFNO3S. The first-order valence-electron chi connectivity index (χ1n) is 6.79. The van der Waals surface area contributed by atoms with Crippen molar-refractivity contribution in [3.05, 3.63) is 29.6 Å². The lowest BCUT2D eigenvalue weighted by atomic mass is 9.67. The van der Waals surface area contributed by atoms with Crippen molar-refractivity contribution in [2.45, 2.75) is 37.5 Å². The third kappa shape index (κ3) is 3.74. The van der Waals surface area contributed by atoms with Gasteiger partial charge in [-0.2, -0.15) is 0 Å². The molecule has 0 bridgehead atoms. The van der Waals surface area contributed by atoms with Crippen LogP contribution in [0.1, 0.15) is 43.0 Å². The molecule has 0 saturated heterocycles. The molecule has 1 amide bonds. The van der Waals surface area contributed by atoms with Crippen LogP contribution in [0.3, 0.4) is 0 Å². The number of hydrogen-bond donors (Lipinski definition) is 1. The molecule has 1 aromatic rings. The van der Waals surface area contributed by atoms with Crippen LogP contribution in [0.4, 0.5) is 4.39 Å². The predicted octanol–water partition coefficient (Wildman–Crippen LogP) is 3.06. The minimum Gasteiger partial charge on any atom is -0.351 e. The average Bonchev–Trinajstić information content (AvgIpc) is 2.36. The molecule has 2 rings (SSSR count). The topological polar surface area (TPSA) is 63.2 Å². The quantitative estimate of drug-likeness (QED) is 0.842. The molecule has 0 spiro atoms. The maximum absolute atomic E-state index is 13.4. The van der Waals surface area contributed by atoms with E-state index in [1.54, 1.807) is 0 Å². The van der Waals surface area contributed by atoms with Gasteiger partial charge in [-0.05, 0) is 42.9 Å².